The van der Waals surface area contributed by atoms with Gasteiger partial charge < -0.3 is 29.3 Å². The fraction of sp³-hybridized carbons (Fsp3) is 0.421. The standard InChI is InChI=1S/C19H27N3O4.HI/c1-20-19(21-9-7-14-6-5-11-26-14)22-10-8-16-17(24-3)12-15(23-2)13-18(16)25-4;/h5-6,11-13H,7-10H2,1-4H3,(H2,20,21,22);1H. The molecule has 0 aliphatic carbocycles. The summed E-state index contributed by atoms with van der Waals surface area (Å²) in [5.41, 5.74) is 0.981. The highest BCUT2D eigenvalue weighted by atomic mass is 127. The fourth-order valence-electron chi connectivity index (χ4n) is 2.61. The van der Waals surface area contributed by atoms with Crippen LogP contribution in [-0.4, -0.2) is 47.4 Å². The molecule has 0 fully saturated rings. The summed E-state index contributed by atoms with van der Waals surface area (Å²) in [5.74, 6) is 3.86. The van der Waals surface area contributed by atoms with E-state index in [0.717, 1.165) is 48.2 Å². The molecule has 27 heavy (non-hydrogen) atoms. The van der Waals surface area contributed by atoms with Gasteiger partial charge in [0.25, 0.3) is 0 Å². The Balaban J connectivity index is 0.00000364. The van der Waals surface area contributed by atoms with E-state index in [1.165, 1.54) is 0 Å². The molecule has 0 aliphatic rings. The van der Waals surface area contributed by atoms with Crippen molar-refractivity contribution in [3.63, 3.8) is 0 Å². The molecule has 0 spiro atoms. The van der Waals surface area contributed by atoms with Crippen LogP contribution < -0.4 is 24.8 Å². The van der Waals surface area contributed by atoms with Gasteiger partial charge >= 0.3 is 0 Å². The van der Waals surface area contributed by atoms with Gasteiger partial charge in [0, 0.05) is 44.3 Å². The number of hydrogen-bond donors (Lipinski definition) is 2. The highest BCUT2D eigenvalue weighted by Gasteiger charge is 2.13. The highest BCUT2D eigenvalue weighted by molar-refractivity contribution is 14.0. The second-order valence-corrected chi connectivity index (χ2v) is 5.52. The fourth-order valence-corrected chi connectivity index (χ4v) is 2.61. The SMILES string of the molecule is CN=C(NCCc1ccco1)NCCc1c(OC)cc(OC)cc1OC.I. The van der Waals surface area contributed by atoms with Crippen LogP contribution in [-0.2, 0) is 12.8 Å². The molecule has 150 valence electrons. The zero-order valence-electron chi connectivity index (χ0n) is 16.2. The maximum Gasteiger partial charge on any atom is 0.191 e. The number of rotatable bonds is 9. The van der Waals surface area contributed by atoms with Crippen LogP contribution in [0.5, 0.6) is 17.2 Å². The molecule has 1 aromatic heterocycles. The monoisotopic (exact) mass is 489 g/mol. The molecule has 1 heterocycles. The minimum absolute atomic E-state index is 0. The predicted octanol–water partition coefficient (Wildman–Crippen LogP) is 2.87. The summed E-state index contributed by atoms with van der Waals surface area (Å²) in [4.78, 5) is 4.23. The van der Waals surface area contributed by atoms with E-state index in [0.29, 0.717) is 12.3 Å². The van der Waals surface area contributed by atoms with Crippen LogP contribution in [0, 0.1) is 0 Å². The van der Waals surface area contributed by atoms with Crippen LogP contribution in [0.25, 0.3) is 0 Å². The highest BCUT2D eigenvalue weighted by Crippen LogP contribution is 2.34. The summed E-state index contributed by atoms with van der Waals surface area (Å²) in [6.07, 6.45) is 3.20. The average molecular weight is 489 g/mol. The number of methoxy groups -OCH3 is 3. The van der Waals surface area contributed by atoms with Crippen LogP contribution in [0.2, 0.25) is 0 Å². The first-order valence-corrected chi connectivity index (χ1v) is 8.47. The van der Waals surface area contributed by atoms with Crippen molar-refractivity contribution in [3.8, 4) is 17.2 Å². The van der Waals surface area contributed by atoms with Gasteiger partial charge in [-0.25, -0.2) is 0 Å². The smallest absolute Gasteiger partial charge is 0.191 e. The van der Waals surface area contributed by atoms with E-state index in [1.54, 1.807) is 34.6 Å². The Morgan fingerprint density at radius 3 is 2.11 bits per heavy atom. The van der Waals surface area contributed by atoms with Crippen molar-refractivity contribution >= 4 is 29.9 Å². The third kappa shape index (κ3) is 6.85. The van der Waals surface area contributed by atoms with Crippen LogP contribution in [0.3, 0.4) is 0 Å². The van der Waals surface area contributed by atoms with Crippen LogP contribution >= 0.6 is 24.0 Å². The normalized spacial score (nSPS) is 10.7. The maximum atomic E-state index is 5.48. The molecule has 0 aliphatic heterocycles. The van der Waals surface area contributed by atoms with Gasteiger partial charge in [0.1, 0.15) is 23.0 Å². The number of furan rings is 1. The number of hydrogen-bond acceptors (Lipinski definition) is 5. The van der Waals surface area contributed by atoms with E-state index in [2.05, 4.69) is 15.6 Å². The Kier molecular flexibility index (Phi) is 10.5. The molecular formula is C19H28IN3O4. The van der Waals surface area contributed by atoms with Gasteiger partial charge in [-0.2, -0.15) is 0 Å². The lowest BCUT2D eigenvalue weighted by molar-refractivity contribution is 0.368. The first-order chi connectivity index (χ1) is 12.7. The van der Waals surface area contributed by atoms with E-state index < -0.39 is 0 Å². The number of halogens is 1. The van der Waals surface area contributed by atoms with Gasteiger partial charge in [0.05, 0.1) is 27.6 Å². The summed E-state index contributed by atoms with van der Waals surface area (Å²) >= 11 is 0. The Hall–Kier alpha value is -2.10. The van der Waals surface area contributed by atoms with Crippen LogP contribution in [0.1, 0.15) is 11.3 Å². The molecule has 0 atom stereocenters. The molecule has 0 radical (unpaired) electrons. The van der Waals surface area contributed by atoms with Crippen molar-refractivity contribution in [2.24, 2.45) is 4.99 Å². The predicted molar refractivity (Wildman–Crippen MR) is 117 cm³/mol. The number of nitrogens with zero attached hydrogens (tertiary/aromatic N) is 1. The maximum absolute atomic E-state index is 5.48. The van der Waals surface area contributed by atoms with Crippen molar-refractivity contribution in [3.05, 3.63) is 41.9 Å². The summed E-state index contributed by atoms with van der Waals surface area (Å²) in [7, 11) is 6.64. The van der Waals surface area contributed by atoms with E-state index in [4.69, 9.17) is 18.6 Å². The molecule has 0 amide bonds. The van der Waals surface area contributed by atoms with Gasteiger partial charge in [-0.15, -0.1) is 24.0 Å². The Morgan fingerprint density at radius 2 is 1.63 bits per heavy atom. The number of benzene rings is 1. The Labute approximate surface area is 177 Å². The van der Waals surface area contributed by atoms with Crippen LogP contribution in [0.4, 0.5) is 0 Å². The van der Waals surface area contributed by atoms with Crippen molar-refractivity contribution < 1.29 is 18.6 Å². The van der Waals surface area contributed by atoms with Crippen molar-refractivity contribution in [2.75, 3.05) is 41.5 Å². The third-order valence-electron chi connectivity index (χ3n) is 3.95. The largest absolute Gasteiger partial charge is 0.496 e. The van der Waals surface area contributed by atoms with Gasteiger partial charge in [-0.3, -0.25) is 4.99 Å². The number of aliphatic imine (C=N–C) groups is 1. The molecule has 7 nitrogen and oxygen atoms in total. The average Bonchev–Trinajstić information content (AvgIpc) is 3.19. The van der Waals surface area contributed by atoms with Crippen LogP contribution in [0.15, 0.2) is 39.9 Å². The molecule has 2 N–H and O–H groups in total. The molecule has 1 aromatic carbocycles. The van der Waals surface area contributed by atoms with Crippen molar-refractivity contribution in [1.82, 2.24) is 10.6 Å². The zero-order valence-corrected chi connectivity index (χ0v) is 18.5. The topological polar surface area (TPSA) is 77.3 Å². The molecule has 0 bridgehead atoms. The molecule has 0 saturated carbocycles. The quantitative estimate of drug-likeness (QED) is 0.321. The molecule has 0 saturated heterocycles. The molecule has 0 unspecified atom stereocenters. The van der Waals surface area contributed by atoms with Gasteiger partial charge in [0.2, 0.25) is 0 Å². The van der Waals surface area contributed by atoms with Gasteiger partial charge in [0.15, 0.2) is 5.96 Å². The summed E-state index contributed by atoms with van der Waals surface area (Å²) < 4.78 is 21.5. The van der Waals surface area contributed by atoms with E-state index in [1.807, 2.05) is 24.3 Å². The van der Waals surface area contributed by atoms with Crippen molar-refractivity contribution in [2.45, 2.75) is 12.8 Å². The van der Waals surface area contributed by atoms with E-state index in [-0.39, 0.29) is 24.0 Å². The summed E-state index contributed by atoms with van der Waals surface area (Å²) in [5, 5.41) is 6.56. The van der Waals surface area contributed by atoms with E-state index in [9.17, 15) is 0 Å². The minimum Gasteiger partial charge on any atom is -0.496 e. The lowest BCUT2D eigenvalue weighted by Crippen LogP contribution is -2.39. The second kappa shape index (κ2) is 12.3. The third-order valence-corrected chi connectivity index (χ3v) is 3.95. The molecule has 2 rings (SSSR count). The molecular weight excluding hydrogens is 461 g/mol. The van der Waals surface area contributed by atoms with Gasteiger partial charge in [-0.05, 0) is 18.6 Å². The summed E-state index contributed by atoms with van der Waals surface area (Å²) in [6, 6.07) is 7.56. The number of guanidine groups is 1. The molecule has 2 aromatic rings. The minimum atomic E-state index is 0. The van der Waals surface area contributed by atoms with Gasteiger partial charge in [-0.1, -0.05) is 0 Å². The first-order valence-electron chi connectivity index (χ1n) is 8.47. The number of ether oxygens (including phenoxy) is 3. The Bertz CT molecular complexity index is 680. The first kappa shape index (κ1) is 22.9. The van der Waals surface area contributed by atoms with E-state index >= 15 is 0 Å². The zero-order chi connectivity index (χ0) is 18.8. The van der Waals surface area contributed by atoms with Crippen molar-refractivity contribution in [1.29, 1.82) is 0 Å². The second-order valence-electron chi connectivity index (χ2n) is 5.52. The summed E-state index contributed by atoms with van der Waals surface area (Å²) in [6.45, 7) is 1.42. The molecule has 8 heteroatoms. The Morgan fingerprint density at radius 1 is 1.00 bits per heavy atom. The lowest BCUT2D eigenvalue weighted by Gasteiger charge is -2.16. The lowest BCUT2D eigenvalue weighted by atomic mass is 10.1. The number of nitrogens with one attached hydrogen (secondary N) is 2.